The lowest BCUT2D eigenvalue weighted by molar-refractivity contribution is -0.118. The molecule has 1 saturated carbocycles. The predicted octanol–water partition coefficient (Wildman–Crippen LogP) is 2.98. The van der Waals surface area contributed by atoms with Crippen molar-refractivity contribution in [3.63, 3.8) is 0 Å². The van der Waals surface area contributed by atoms with Gasteiger partial charge in [0.1, 0.15) is 0 Å². The molecule has 0 radical (unpaired) electrons. The summed E-state index contributed by atoms with van der Waals surface area (Å²) in [6.45, 7) is 3.45. The number of likely N-dealkylation sites (N-methyl/N-ethyl adjacent to an activating group) is 1. The molecular formula is C16H24BrN3O. The highest BCUT2D eigenvalue weighted by molar-refractivity contribution is 9.10. The van der Waals surface area contributed by atoms with Gasteiger partial charge in [0.15, 0.2) is 0 Å². The van der Waals surface area contributed by atoms with E-state index in [0.717, 1.165) is 42.4 Å². The average Bonchev–Trinajstić information content (AvgIpc) is 2.46. The number of anilines is 1. The Bertz CT molecular complexity index is 472. The number of amides is 1. The van der Waals surface area contributed by atoms with Crippen LogP contribution < -0.4 is 11.1 Å². The molecule has 0 unspecified atom stereocenters. The number of hydrogen-bond donors (Lipinski definition) is 2. The van der Waals surface area contributed by atoms with Gasteiger partial charge in [-0.05, 0) is 50.4 Å². The minimum Gasteiger partial charge on any atom is -0.328 e. The largest absolute Gasteiger partial charge is 0.328 e. The molecule has 0 saturated heterocycles. The highest BCUT2D eigenvalue weighted by atomic mass is 79.9. The van der Waals surface area contributed by atoms with Crippen molar-refractivity contribution >= 4 is 27.5 Å². The van der Waals surface area contributed by atoms with Crippen molar-refractivity contribution < 1.29 is 4.79 Å². The van der Waals surface area contributed by atoms with E-state index in [0.29, 0.717) is 18.6 Å². The van der Waals surface area contributed by atoms with E-state index in [1.807, 2.05) is 24.3 Å². The normalized spacial score (nSPS) is 22.3. The summed E-state index contributed by atoms with van der Waals surface area (Å²) < 4.78 is 0.967. The Labute approximate surface area is 135 Å². The lowest BCUT2D eigenvalue weighted by Gasteiger charge is -2.34. The van der Waals surface area contributed by atoms with Gasteiger partial charge in [-0.3, -0.25) is 9.69 Å². The number of halogens is 1. The van der Waals surface area contributed by atoms with Crippen LogP contribution in [0.25, 0.3) is 0 Å². The lowest BCUT2D eigenvalue weighted by Crippen LogP contribution is -2.44. The van der Waals surface area contributed by atoms with Crippen molar-refractivity contribution in [1.82, 2.24) is 4.90 Å². The molecule has 1 aliphatic carbocycles. The molecule has 21 heavy (non-hydrogen) atoms. The van der Waals surface area contributed by atoms with Crippen molar-refractivity contribution in [3.05, 3.63) is 28.7 Å². The topological polar surface area (TPSA) is 58.4 Å². The maximum Gasteiger partial charge on any atom is 0.238 e. The van der Waals surface area contributed by atoms with Crippen LogP contribution in [0.3, 0.4) is 0 Å². The second kappa shape index (κ2) is 7.92. The molecule has 0 spiro atoms. The summed E-state index contributed by atoms with van der Waals surface area (Å²) in [5.41, 5.74) is 6.78. The van der Waals surface area contributed by atoms with Gasteiger partial charge < -0.3 is 11.1 Å². The summed E-state index contributed by atoms with van der Waals surface area (Å²) in [6.07, 6.45) is 4.32. The standard InChI is InChI=1S/C16H24BrN3O/c1-2-20(15-8-6-13(18)7-9-15)11-16(21)19-14-5-3-4-12(17)10-14/h3-5,10,13,15H,2,6-9,11,18H2,1H3,(H,19,21). The molecule has 1 aromatic carbocycles. The maximum absolute atomic E-state index is 12.2. The third-order valence-electron chi connectivity index (χ3n) is 4.12. The Kier molecular flexibility index (Phi) is 6.21. The molecule has 0 aromatic heterocycles. The number of nitrogens with two attached hydrogens (primary N) is 1. The first kappa shape index (κ1) is 16.5. The van der Waals surface area contributed by atoms with Gasteiger partial charge in [0, 0.05) is 22.2 Å². The Morgan fingerprint density at radius 2 is 2.10 bits per heavy atom. The van der Waals surface area contributed by atoms with Crippen LogP contribution in [0.1, 0.15) is 32.6 Å². The molecule has 1 aromatic rings. The molecule has 3 N–H and O–H groups in total. The SMILES string of the molecule is CCN(CC(=O)Nc1cccc(Br)c1)C1CCC(N)CC1. The van der Waals surface area contributed by atoms with E-state index in [4.69, 9.17) is 5.73 Å². The Hall–Kier alpha value is -0.910. The number of rotatable bonds is 5. The Balaban J connectivity index is 1.87. The van der Waals surface area contributed by atoms with Crippen LogP contribution in [0, 0.1) is 0 Å². The Morgan fingerprint density at radius 1 is 1.38 bits per heavy atom. The van der Waals surface area contributed by atoms with Gasteiger partial charge in [-0.25, -0.2) is 0 Å². The van der Waals surface area contributed by atoms with Crippen LogP contribution >= 0.6 is 15.9 Å². The second-order valence-electron chi connectivity index (χ2n) is 5.69. The molecule has 1 fully saturated rings. The van der Waals surface area contributed by atoms with Crippen molar-refractivity contribution in [2.24, 2.45) is 5.73 Å². The number of carbonyl (C=O) groups excluding carboxylic acids is 1. The number of benzene rings is 1. The summed E-state index contributed by atoms with van der Waals surface area (Å²) in [5, 5.41) is 2.96. The van der Waals surface area contributed by atoms with Crippen LogP contribution in [0.5, 0.6) is 0 Å². The number of hydrogen-bond acceptors (Lipinski definition) is 3. The zero-order valence-electron chi connectivity index (χ0n) is 12.5. The molecule has 2 rings (SSSR count). The maximum atomic E-state index is 12.2. The number of nitrogens with one attached hydrogen (secondary N) is 1. The van der Waals surface area contributed by atoms with Crippen LogP contribution in [-0.2, 0) is 4.79 Å². The zero-order valence-corrected chi connectivity index (χ0v) is 14.1. The molecule has 0 bridgehead atoms. The van der Waals surface area contributed by atoms with Gasteiger partial charge in [-0.15, -0.1) is 0 Å². The number of carbonyl (C=O) groups is 1. The van der Waals surface area contributed by atoms with Gasteiger partial charge in [0.25, 0.3) is 0 Å². The first-order valence-electron chi connectivity index (χ1n) is 7.63. The third kappa shape index (κ3) is 5.09. The fourth-order valence-corrected chi connectivity index (χ4v) is 3.32. The molecule has 0 heterocycles. The van der Waals surface area contributed by atoms with Crippen molar-refractivity contribution in [2.75, 3.05) is 18.4 Å². The number of nitrogens with zero attached hydrogens (tertiary/aromatic N) is 1. The third-order valence-corrected chi connectivity index (χ3v) is 4.61. The van der Waals surface area contributed by atoms with E-state index in [9.17, 15) is 4.79 Å². The highest BCUT2D eigenvalue weighted by Crippen LogP contribution is 2.22. The van der Waals surface area contributed by atoms with E-state index < -0.39 is 0 Å². The summed E-state index contributed by atoms with van der Waals surface area (Å²) in [4.78, 5) is 14.5. The van der Waals surface area contributed by atoms with Gasteiger partial charge in [0.05, 0.1) is 6.54 Å². The van der Waals surface area contributed by atoms with E-state index in [1.54, 1.807) is 0 Å². The van der Waals surface area contributed by atoms with Crippen LogP contribution in [0.4, 0.5) is 5.69 Å². The van der Waals surface area contributed by atoms with Crippen molar-refractivity contribution in [1.29, 1.82) is 0 Å². The fraction of sp³-hybridized carbons (Fsp3) is 0.562. The van der Waals surface area contributed by atoms with Crippen molar-refractivity contribution in [2.45, 2.75) is 44.7 Å². The molecule has 4 nitrogen and oxygen atoms in total. The molecule has 5 heteroatoms. The van der Waals surface area contributed by atoms with Crippen LogP contribution in [-0.4, -0.2) is 36.0 Å². The van der Waals surface area contributed by atoms with Gasteiger partial charge >= 0.3 is 0 Å². The minimum absolute atomic E-state index is 0.0461. The predicted molar refractivity (Wildman–Crippen MR) is 90.3 cm³/mol. The average molecular weight is 354 g/mol. The smallest absolute Gasteiger partial charge is 0.238 e. The van der Waals surface area contributed by atoms with Gasteiger partial charge in [-0.1, -0.05) is 28.9 Å². The van der Waals surface area contributed by atoms with E-state index >= 15 is 0 Å². The van der Waals surface area contributed by atoms with Crippen LogP contribution in [0.15, 0.2) is 28.7 Å². The van der Waals surface area contributed by atoms with E-state index in [1.165, 1.54) is 0 Å². The minimum atomic E-state index is 0.0461. The lowest BCUT2D eigenvalue weighted by atomic mass is 9.91. The monoisotopic (exact) mass is 353 g/mol. The molecule has 116 valence electrons. The highest BCUT2D eigenvalue weighted by Gasteiger charge is 2.24. The first-order chi connectivity index (χ1) is 10.1. The summed E-state index contributed by atoms with van der Waals surface area (Å²) in [7, 11) is 0. The molecule has 1 aliphatic rings. The second-order valence-corrected chi connectivity index (χ2v) is 6.61. The van der Waals surface area contributed by atoms with Gasteiger partial charge in [-0.2, -0.15) is 0 Å². The summed E-state index contributed by atoms with van der Waals surface area (Å²) in [5.74, 6) is 0.0461. The quantitative estimate of drug-likeness (QED) is 0.855. The molecule has 0 atom stereocenters. The summed E-state index contributed by atoms with van der Waals surface area (Å²) in [6, 6.07) is 8.50. The Morgan fingerprint density at radius 3 is 2.71 bits per heavy atom. The zero-order chi connectivity index (χ0) is 15.2. The van der Waals surface area contributed by atoms with Crippen molar-refractivity contribution in [3.8, 4) is 0 Å². The van der Waals surface area contributed by atoms with Gasteiger partial charge in [0.2, 0.25) is 5.91 Å². The molecule has 0 aliphatic heterocycles. The summed E-state index contributed by atoms with van der Waals surface area (Å²) >= 11 is 3.41. The van der Waals surface area contributed by atoms with E-state index in [-0.39, 0.29) is 5.91 Å². The molecule has 1 amide bonds. The fourth-order valence-electron chi connectivity index (χ4n) is 2.92. The first-order valence-corrected chi connectivity index (χ1v) is 8.43. The van der Waals surface area contributed by atoms with Crippen LogP contribution in [0.2, 0.25) is 0 Å². The van der Waals surface area contributed by atoms with E-state index in [2.05, 4.69) is 33.1 Å². The molecular weight excluding hydrogens is 330 g/mol.